The fourth-order valence-corrected chi connectivity index (χ4v) is 7.58. The van der Waals surface area contributed by atoms with Crippen molar-refractivity contribution in [2.75, 3.05) is 31.3 Å². The Morgan fingerprint density at radius 1 is 1.32 bits per heavy atom. The van der Waals surface area contributed by atoms with E-state index in [1.54, 1.807) is 32.5 Å². The van der Waals surface area contributed by atoms with Gasteiger partial charge in [-0.3, -0.25) is 18.1 Å². The van der Waals surface area contributed by atoms with Crippen LogP contribution in [0.3, 0.4) is 0 Å². The van der Waals surface area contributed by atoms with Crippen molar-refractivity contribution < 1.29 is 27.6 Å². The van der Waals surface area contributed by atoms with Crippen LogP contribution >= 0.6 is 29.4 Å². The first-order valence-electron chi connectivity index (χ1n) is 11.3. The van der Waals surface area contributed by atoms with Crippen molar-refractivity contribution in [3.05, 3.63) is 6.33 Å². The molecule has 0 amide bonds. The number of aromatic nitrogens is 4. The van der Waals surface area contributed by atoms with E-state index in [0.717, 1.165) is 0 Å². The van der Waals surface area contributed by atoms with Gasteiger partial charge in [-0.15, -0.1) is 0 Å². The van der Waals surface area contributed by atoms with Crippen LogP contribution in [0.2, 0.25) is 0 Å². The highest BCUT2D eigenvalue weighted by Gasteiger charge is 2.53. The highest BCUT2D eigenvalue weighted by Crippen LogP contribution is 2.58. The van der Waals surface area contributed by atoms with Crippen LogP contribution in [0.4, 0.5) is 5.95 Å². The van der Waals surface area contributed by atoms with Crippen LogP contribution in [-0.2, 0) is 22.9 Å². The fourth-order valence-electron chi connectivity index (χ4n) is 3.93. The second-order valence-electron chi connectivity index (χ2n) is 8.95. The molecule has 2 saturated heterocycles. The summed E-state index contributed by atoms with van der Waals surface area (Å²) in [6.07, 6.45) is 1.04. The van der Waals surface area contributed by atoms with Crippen molar-refractivity contribution in [2.45, 2.75) is 64.2 Å². The molecule has 5 atom stereocenters. The van der Waals surface area contributed by atoms with E-state index in [4.69, 9.17) is 28.8 Å². The predicted molar refractivity (Wildman–Crippen MR) is 133 cm³/mol. The van der Waals surface area contributed by atoms with Crippen molar-refractivity contribution >= 4 is 46.5 Å². The zero-order valence-electron chi connectivity index (χ0n) is 20.0. The lowest BCUT2D eigenvalue weighted by atomic mass is 9.97. The van der Waals surface area contributed by atoms with Crippen molar-refractivity contribution in [3.63, 3.8) is 0 Å². The van der Waals surface area contributed by atoms with Gasteiger partial charge in [0, 0.05) is 16.4 Å². The summed E-state index contributed by atoms with van der Waals surface area (Å²) in [6.45, 7) is 11.1. The van der Waals surface area contributed by atoms with Gasteiger partial charge in [0.15, 0.2) is 11.2 Å². The summed E-state index contributed by atoms with van der Waals surface area (Å²) in [5, 5.41) is 0. The van der Waals surface area contributed by atoms with Crippen LogP contribution in [-0.4, -0.2) is 62.0 Å². The molecule has 0 aromatic carbocycles. The molecule has 5 unspecified atom stereocenters. The molecule has 2 aromatic heterocycles. The van der Waals surface area contributed by atoms with Gasteiger partial charge in [-0.05, 0) is 13.3 Å². The maximum absolute atomic E-state index is 13.2. The van der Waals surface area contributed by atoms with Gasteiger partial charge in [-0.25, -0.2) is 9.55 Å². The Morgan fingerprint density at radius 2 is 2.12 bits per heavy atom. The Morgan fingerprint density at radius 3 is 2.82 bits per heavy atom. The molecule has 0 radical (unpaired) electrons. The van der Waals surface area contributed by atoms with Crippen LogP contribution in [0.15, 0.2) is 6.33 Å². The van der Waals surface area contributed by atoms with Crippen LogP contribution in [0, 0.1) is 5.92 Å². The minimum atomic E-state index is -3.68. The SMILES string of the molecule is CCOc1nc(N)nc2c1ncn2C1OC2COP(=O)(OCCSSC(C)(C)C)OC2C1CC. The van der Waals surface area contributed by atoms with Crippen LogP contribution in [0.5, 0.6) is 5.88 Å². The standard InChI is InChI=1S/C20H32N5O6PS2/c1-6-12-15-13(10-29-32(26,31-15)28-8-9-33-34-20(3,4)5)30-18(12)25-11-22-14-16(25)23-19(21)24-17(14)27-7-2/h11-13,15,18H,6-10H2,1-5H3,(H2,21,23,24). The molecule has 2 aliphatic rings. The topological polar surface area (TPSA) is 133 Å². The van der Waals surface area contributed by atoms with Crippen LogP contribution < -0.4 is 10.5 Å². The number of imidazole rings is 1. The van der Waals surface area contributed by atoms with Gasteiger partial charge in [0.25, 0.3) is 0 Å². The summed E-state index contributed by atoms with van der Waals surface area (Å²) >= 11 is 0. The van der Waals surface area contributed by atoms with E-state index in [0.29, 0.717) is 35.8 Å². The third-order valence-corrected chi connectivity index (χ3v) is 10.0. The summed E-state index contributed by atoms with van der Waals surface area (Å²) in [5.74, 6) is 0.960. The summed E-state index contributed by atoms with van der Waals surface area (Å²) < 4.78 is 44.0. The third kappa shape index (κ3) is 5.66. The number of hydrogen-bond acceptors (Lipinski definition) is 12. The van der Waals surface area contributed by atoms with Crippen molar-refractivity contribution in [1.82, 2.24) is 19.5 Å². The Labute approximate surface area is 207 Å². The molecular weight excluding hydrogens is 501 g/mol. The minimum Gasteiger partial charge on any atom is -0.476 e. The molecule has 11 nitrogen and oxygen atoms in total. The molecule has 0 saturated carbocycles. The highest BCUT2D eigenvalue weighted by molar-refractivity contribution is 8.77. The monoisotopic (exact) mass is 533 g/mol. The Balaban J connectivity index is 1.47. The van der Waals surface area contributed by atoms with Gasteiger partial charge < -0.3 is 15.2 Å². The Bertz CT molecular complexity index is 1050. The van der Waals surface area contributed by atoms with Gasteiger partial charge in [-0.1, -0.05) is 49.3 Å². The highest BCUT2D eigenvalue weighted by atomic mass is 33.1. The number of phosphoric ester groups is 1. The maximum Gasteiger partial charge on any atom is 0.475 e. The zero-order chi connectivity index (χ0) is 24.5. The molecular formula is C20H32N5O6PS2. The van der Waals surface area contributed by atoms with E-state index in [-0.39, 0.29) is 29.8 Å². The number of hydrogen-bond donors (Lipinski definition) is 1. The molecule has 34 heavy (non-hydrogen) atoms. The largest absolute Gasteiger partial charge is 0.476 e. The summed E-state index contributed by atoms with van der Waals surface area (Å²) in [5.41, 5.74) is 6.91. The molecule has 0 bridgehead atoms. The molecule has 0 aliphatic carbocycles. The first-order valence-corrected chi connectivity index (χ1v) is 15.1. The molecule has 190 valence electrons. The van der Waals surface area contributed by atoms with Crippen molar-refractivity contribution in [1.29, 1.82) is 0 Å². The molecule has 2 aromatic rings. The van der Waals surface area contributed by atoms with Gasteiger partial charge in [0.2, 0.25) is 11.8 Å². The number of nitrogens with zero attached hydrogens (tertiary/aromatic N) is 4. The smallest absolute Gasteiger partial charge is 0.475 e. The molecule has 4 rings (SSSR count). The summed E-state index contributed by atoms with van der Waals surface area (Å²) in [4.78, 5) is 12.9. The maximum atomic E-state index is 13.2. The van der Waals surface area contributed by atoms with Gasteiger partial charge in [-0.2, -0.15) is 9.97 Å². The molecule has 14 heteroatoms. The number of fused-ring (bicyclic) bond motifs is 2. The molecule has 4 heterocycles. The van der Waals surface area contributed by atoms with Crippen molar-refractivity contribution in [3.8, 4) is 5.88 Å². The average molecular weight is 534 g/mol. The summed E-state index contributed by atoms with van der Waals surface area (Å²) in [7, 11) is -0.263. The van der Waals surface area contributed by atoms with E-state index in [2.05, 4.69) is 35.7 Å². The molecule has 2 aliphatic heterocycles. The molecule has 0 spiro atoms. The second-order valence-corrected chi connectivity index (χ2v) is 13.8. The number of nitrogen functional groups attached to an aromatic ring is 1. The van der Waals surface area contributed by atoms with E-state index >= 15 is 0 Å². The number of ether oxygens (including phenoxy) is 2. The van der Waals surface area contributed by atoms with E-state index < -0.39 is 26.3 Å². The van der Waals surface area contributed by atoms with E-state index in [1.807, 2.05) is 13.8 Å². The van der Waals surface area contributed by atoms with E-state index in [9.17, 15) is 4.57 Å². The third-order valence-electron chi connectivity index (χ3n) is 5.27. The summed E-state index contributed by atoms with van der Waals surface area (Å²) in [6, 6.07) is 0. The number of anilines is 1. The van der Waals surface area contributed by atoms with Crippen LogP contribution in [0.1, 0.15) is 47.3 Å². The first kappa shape index (κ1) is 26.0. The first-order chi connectivity index (χ1) is 16.1. The lowest BCUT2D eigenvalue weighted by molar-refractivity contribution is -0.0700. The average Bonchev–Trinajstić information content (AvgIpc) is 3.33. The number of rotatable bonds is 9. The van der Waals surface area contributed by atoms with Gasteiger partial charge in [0.1, 0.15) is 18.4 Å². The quantitative estimate of drug-likeness (QED) is 0.277. The normalized spacial score (nSPS) is 29.4. The van der Waals surface area contributed by atoms with E-state index in [1.165, 1.54) is 0 Å². The fraction of sp³-hybridized carbons (Fsp3) is 0.750. The second kappa shape index (κ2) is 10.5. The lowest BCUT2D eigenvalue weighted by Crippen LogP contribution is -2.37. The predicted octanol–water partition coefficient (Wildman–Crippen LogP) is 4.45. The van der Waals surface area contributed by atoms with Gasteiger partial charge >= 0.3 is 7.82 Å². The van der Waals surface area contributed by atoms with Crippen molar-refractivity contribution in [2.24, 2.45) is 5.92 Å². The minimum absolute atomic E-state index is 0.0844. The Hall–Kier alpha value is -1.08. The van der Waals surface area contributed by atoms with Gasteiger partial charge in [0.05, 0.1) is 26.1 Å². The zero-order valence-corrected chi connectivity index (χ0v) is 22.5. The lowest BCUT2D eigenvalue weighted by Gasteiger charge is -2.32. The molecule has 2 N–H and O–H groups in total. The number of nitrogens with two attached hydrogens (primary N) is 1. The Kier molecular flexibility index (Phi) is 8.03. The number of phosphoric acid groups is 1. The van der Waals surface area contributed by atoms with Crippen LogP contribution in [0.25, 0.3) is 11.2 Å². The molecule has 2 fully saturated rings.